The monoisotopic (exact) mass is 221 g/mol. The smallest absolute Gasteiger partial charge is 0.0661 e. The Morgan fingerprint density at radius 2 is 1.81 bits per heavy atom. The van der Waals surface area contributed by atoms with Crippen molar-refractivity contribution in [2.75, 3.05) is 19.8 Å². The van der Waals surface area contributed by atoms with Gasteiger partial charge in [-0.25, -0.2) is 0 Å². The summed E-state index contributed by atoms with van der Waals surface area (Å²) in [6.07, 6.45) is 0. The summed E-state index contributed by atoms with van der Waals surface area (Å²) in [5.41, 5.74) is 4.06. The molecule has 0 aromatic heterocycles. The lowest BCUT2D eigenvalue weighted by atomic mass is 9.96. The maximum absolute atomic E-state index is 5.55. The highest BCUT2D eigenvalue weighted by Crippen LogP contribution is 2.22. The zero-order valence-electron chi connectivity index (χ0n) is 10.8. The molecule has 1 rings (SSSR count). The van der Waals surface area contributed by atoms with Crippen LogP contribution < -0.4 is 5.32 Å². The van der Waals surface area contributed by atoms with Gasteiger partial charge < -0.3 is 10.1 Å². The number of aryl methyl sites for hydroxylation is 2. The lowest BCUT2D eigenvalue weighted by Crippen LogP contribution is -2.26. The Morgan fingerprint density at radius 1 is 1.19 bits per heavy atom. The molecule has 1 aromatic rings. The van der Waals surface area contributed by atoms with E-state index in [0.717, 1.165) is 19.8 Å². The van der Waals surface area contributed by atoms with Crippen LogP contribution >= 0.6 is 0 Å². The van der Waals surface area contributed by atoms with Crippen LogP contribution in [0.5, 0.6) is 0 Å². The summed E-state index contributed by atoms with van der Waals surface area (Å²) in [6.45, 7) is 11.0. The van der Waals surface area contributed by atoms with Crippen molar-refractivity contribution < 1.29 is 4.74 Å². The molecule has 2 nitrogen and oxygen atoms in total. The van der Waals surface area contributed by atoms with Crippen molar-refractivity contribution in [3.63, 3.8) is 0 Å². The van der Waals surface area contributed by atoms with Gasteiger partial charge in [-0.15, -0.1) is 0 Å². The van der Waals surface area contributed by atoms with Crippen LogP contribution in [0.1, 0.15) is 36.6 Å². The Bertz CT molecular complexity index is 302. The van der Waals surface area contributed by atoms with Gasteiger partial charge in [-0.3, -0.25) is 0 Å². The molecule has 0 bridgehead atoms. The van der Waals surface area contributed by atoms with E-state index in [9.17, 15) is 0 Å². The van der Waals surface area contributed by atoms with Crippen LogP contribution in [0.25, 0.3) is 0 Å². The topological polar surface area (TPSA) is 21.3 Å². The number of ether oxygens (including phenoxy) is 1. The highest BCUT2D eigenvalue weighted by molar-refractivity contribution is 5.36. The van der Waals surface area contributed by atoms with Gasteiger partial charge in [0, 0.05) is 6.61 Å². The first-order chi connectivity index (χ1) is 7.70. The molecule has 0 spiro atoms. The van der Waals surface area contributed by atoms with E-state index in [4.69, 9.17) is 4.74 Å². The number of hydrogen-bond acceptors (Lipinski definition) is 2. The summed E-state index contributed by atoms with van der Waals surface area (Å²) in [6, 6.07) is 6.75. The van der Waals surface area contributed by atoms with Gasteiger partial charge >= 0.3 is 0 Å². The first-order valence-electron chi connectivity index (χ1n) is 6.07. The molecule has 0 aliphatic rings. The minimum atomic E-state index is 0.311. The fraction of sp³-hybridized carbons (Fsp3) is 0.571. The van der Waals surface area contributed by atoms with E-state index in [1.807, 2.05) is 6.92 Å². The SMILES string of the molecule is CCNC(COCC)c1c(C)cccc1C. The second-order valence-corrected chi connectivity index (χ2v) is 4.08. The first-order valence-corrected chi connectivity index (χ1v) is 6.07. The first kappa shape index (κ1) is 13.2. The van der Waals surface area contributed by atoms with Crippen LogP contribution in [0.15, 0.2) is 18.2 Å². The fourth-order valence-corrected chi connectivity index (χ4v) is 2.10. The largest absolute Gasteiger partial charge is 0.380 e. The Hall–Kier alpha value is -0.860. The van der Waals surface area contributed by atoms with Crippen LogP contribution in [0.2, 0.25) is 0 Å². The molecule has 1 atom stereocenters. The maximum Gasteiger partial charge on any atom is 0.0661 e. The van der Waals surface area contributed by atoms with E-state index in [1.165, 1.54) is 16.7 Å². The van der Waals surface area contributed by atoms with Crippen molar-refractivity contribution >= 4 is 0 Å². The third-order valence-electron chi connectivity index (χ3n) is 2.83. The van der Waals surface area contributed by atoms with Gasteiger partial charge in [0.05, 0.1) is 12.6 Å². The number of rotatable bonds is 6. The summed E-state index contributed by atoms with van der Waals surface area (Å²) in [7, 11) is 0. The number of likely N-dealkylation sites (N-methyl/N-ethyl adjacent to an activating group) is 1. The van der Waals surface area contributed by atoms with E-state index >= 15 is 0 Å². The zero-order valence-corrected chi connectivity index (χ0v) is 10.8. The number of hydrogen-bond donors (Lipinski definition) is 1. The molecule has 0 heterocycles. The second-order valence-electron chi connectivity index (χ2n) is 4.08. The van der Waals surface area contributed by atoms with E-state index < -0.39 is 0 Å². The molecule has 1 aromatic carbocycles. The van der Waals surface area contributed by atoms with E-state index in [0.29, 0.717) is 6.04 Å². The summed E-state index contributed by atoms with van der Waals surface area (Å²) >= 11 is 0. The highest BCUT2D eigenvalue weighted by Gasteiger charge is 2.14. The standard InChI is InChI=1S/C14H23NO/c1-5-15-13(10-16-6-2)14-11(3)8-7-9-12(14)4/h7-9,13,15H,5-6,10H2,1-4H3. The molecule has 0 radical (unpaired) electrons. The average molecular weight is 221 g/mol. The van der Waals surface area contributed by atoms with Crippen LogP contribution in [0.3, 0.4) is 0 Å². The van der Waals surface area contributed by atoms with Crippen molar-refractivity contribution in [1.82, 2.24) is 5.32 Å². The molecule has 1 N–H and O–H groups in total. The lowest BCUT2D eigenvalue weighted by Gasteiger charge is -2.22. The molecule has 0 aliphatic carbocycles. The molecule has 1 unspecified atom stereocenters. The summed E-state index contributed by atoms with van der Waals surface area (Å²) in [5, 5.41) is 3.49. The molecule has 0 saturated carbocycles. The normalized spacial score (nSPS) is 12.8. The number of benzene rings is 1. The molecule has 0 fully saturated rings. The van der Waals surface area contributed by atoms with Crippen molar-refractivity contribution in [3.8, 4) is 0 Å². The van der Waals surface area contributed by atoms with Crippen molar-refractivity contribution in [2.24, 2.45) is 0 Å². The van der Waals surface area contributed by atoms with Gasteiger partial charge in [0.2, 0.25) is 0 Å². The second kappa shape index (κ2) is 6.66. The van der Waals surface area contributed by atoms with E-state index in [2.05, 4.69) is 44.3 Å². The molecule has 0 saturated heterocycles. The van der Waals surface area contributed by atoms with E-state index in [1.54, 1.807) is 0 Å². The van der Waals surface area contributed by atoms with Gasteiger partial charge in [0.1, 0.15) is 0 Å². The molecule has 0 amide bonds. The number of nitrogens with one attached hydrogen (secondary N) is 1. The van der Waals surface area contributed by atoms with Crippen LogP contribution in [-0.2, 0) is 4.74 Å². The van der Waals surface area contributed by atoms with Crippen molar-refractivity contribution in [1.29, 1.82) is 0 Å². The lowest BCUT2D eigenvalue weighted by molar-refractivity contribution is 0.123. The Morgan fingerprint density at radius 3 is 2.31 bits per heavy atom. The minimum Gasteiger partial charge on any atom is -0.380 e. The molecule has 0 aliphatic heterocycles. The average Bonchev–Trinajstić information content (AvgIpc) is 2.25. The molecular weight excluding hydrogens is 198 g/mol. The Kier molecular flexibility index (Phi) is 5.50. The van der Waals surface area contributed by atoms with Gasteiger partial charge in [0.25, 0.3) is 0 Å². The van der Waals surface area contributed by atoms with Crippen LogP contribution in [0, 0.1) is 13.8 Å². The van der Waals surface area contributed by atoms with E-state index in [-0.39, 0.29) is 0 Å². The third kappa shape index (κ3) is 3.32. The summed E-state index contributed by atoms with van der Waals surface area (Å²) < 4.78 is 5.55. The quantitative estimate of drug-likeness (QED) is 0.797. The molecule has 90 valence electrons. The highest BCUT2D eigenvalue weighted by atomic mass is 16.5. The van der Waals surface area contributed by atoms with Gasteiger partial charge in [0.15, 0.2) is 0 Å². The fourth-order valence-electron chi connectivity index (χ4n) is 2.10. The van der Waals surface area contributed by atoms with Crippen LogP contribution in [-0.4, -0.2) is 19.8 Å². The van der Waals surface area contributed by atoms with Gasteiger partial charge in [-0.2, -0.15) is 0 Å². The molecule has 16 heavy (non-hydrogen) atoms. The van der Waals surface area contributed by atoms with Gasteiger partial charge in [-0.05, 0) is 44.0 Å². The van der Waals surface area contributed by atoms with Crippen molar-refractivity contribution in [2.45, 2.75) is 33.7 Å². The minimum absolute atomic E-state index is 0.311. The predicted molar refractivity (Wildman–Crippen MR) is 68.8 cm³/mol. The summed E-state index contributed by atoms with van der Waals surface area (Å²) in [4.78, 5) is 0. The van der Waals surface area contributed by atoms with Gasteiger partial charge in [-0.1, -0.05) is 25.1 Å². The zero-order chi connectivity index (χ0) is 12.0. The molecule has 2 heteroatoms. The van der Waals surface area contributed by atoms with Crippen molar-refractivity contribution in [3.05, 3.63) is 34.9 Å². The predicted octanol–water partition coefficient (Wildman–Crippen LogP) is 2.99. The third-order valence-corrected chi connectivity index (χ3v) is 2.83. The Balaban J connectivity index is 2.90. The van der Waals surface area contributed by atoms with Crippen LogP contribution in [0.4, 0.5) is 0 Å². The maximum atomic E-state index is 5.55. The Labute approximate surface area is 99.0 Å². The summed E-state index contributed by atoms with van der Waals surface area (Å²) in [5.74, 6) is 0. The molecular formula is C14H23NO.